The minimum absolute atomic E-state index is 0.179. The molecule has 19 heavy (non-hydrogen) atoms. The van der Waals surface area contributed by atoms with E-state index >= 15 is 0 Å². The third-order valence-electron chi connectivity index (χ3n) is 3.18. The second-order valence-electron chi connectivity index (χ2n) is 4.60. The standard InChI is InChI=1S/C15H15NO3/c1-9-3-4-11(10(2)16-9)12-7-14-15(8-13(12)17)19-6-5-18-14/h3-4,7-8,17H,5-6H2,1-2H3. The van der Waals surface area contributed by atoms with Crippen LogP contribution in [-0.2, 0) is 0 Å². The molecular weight excluding hydrogens is 242 g/mol. The van der Waals surface area contributed by atoms with Crippen molar-refractivity contribution in [1.82, 2.24) is 4.98 Å². The van der Waals surface area contributed by atoms with Gasteiger partial charge in [-0.3, -0.25) is 4.98 Å². The van der Waals surface area contributed by atoms with Crippen molar-refractivity contribution in [2.24, 2.45) is 0 Å². The Labute approximate surface area is 111 Å². The highest BCUT2D eigenvalue weighted by Gasteiger charge is 2.17. The fraction of sp³-hybridized carbons (Fsp3) is 0.267. The molecule has 0 aliphatic carbocycles. The number of phenolic OH excluding ortho intramolecular Hbond substituents is 1. The summed E-state index contributed by atoms with van der Waals surface area (Å²) in [6.45, 7) is 4.91. The Bertz CT molecular complexity index is 638. The molecule has 0 amide bonds. The molecule has 98 valence electrons. The molecule has 1 aromatic heterocycles. The Hall–Kier alpha value is -2.23. The number of ether oxygens (including phenoxy) is 2. The fourth-order valence-electron chi connectivity index (χ4n) is 2.27. The SMILES string of the molecule is Cc1ccc(-c2cc3c(cc2O)OCCO3)c(C)n1. The highest BCUT2D eigenvalue weighted by atomic mass is 16.6. The van der Waals surface area contributed by atoms with Gasteiger partial charge < -0.3 is 14.6 Å². The van der Waals surface area contributed by atoms with Crippen molar-refractivity contribution in [3.63, 3.8) is 0 Å². The van der Waals surface area contributed by atoms with Gasteiger partial charge in [-0.2, -0.15) is 0 Å². The van der Waals surface area contributed by atoms with E-state index in [1.807, 2.05) is 32.0 Å². The number of rotatable bonds is 1. The van der Waals surface area contributed by atoms with E-state index in [-0.39, 0.29) is 5.75 Å². The summed E-state index contributed by atoms with van der Waals surface area (Å²) in [5.74, 6) is 1.43. The number of nitrogens with zero attached hydrogens (tertiary/aromatic N) is 1. The molecule has 0 saturated heterocycles. The van der Waals surface area contributed by atoms with Crippen molar-refractivity contribution in [2.45, 2.75) is 13.8 Å². The lowest BCUT2D eigenvalue weighted by molar-refractivity contribution is 0.171. The molecule has 4 nitrogen and oxygen atoms in total. The van der Waals surface area contributed by atoms with Crippen molar-refractivity contribution in [3.8, 4) is 28.4 Å². The van der Waals surface area contributed by atoms with Crippen LogP contribution in [0.4, 0.5) is 0 Å². The smallest absolute Gasteiger partial charge is 0.165 e. The molecule has 2 heterocycles. The fourth-order valence-corrected chi connectivity index (χ4v) is 2.27. The van der Waals surface area contributed by atoms with E-state index in [9.17, 15) is 5.11 Å². The second-order valence-corrected chi connectivity index (χ2v) is 4.60. The van der Waals surface area contributed by atoms with Crippen molar-refractivity contribution < 1.29 is 14.6 Å². The van der Waals surface area contributed by atoms with Crippen LogP contribution in [0.3, 0.4) is 0 Å². The topological polar surface area (TPSA) is 51.6 Å². The van der Waals surface area contributed by atoms with Gasteiger partial charge in [0.1, 0.15) is 19.0 Å². The largest absolute Gasteiger partial charge is 0.507 e. The summed E-state index contributed by atoms with van der Waals surface area (Å²) < 4.78 is 11.0. The quantitative estimate of drug-likeness (QED) is 0.853. The first kappa shape index (κ1) is 11.8. The predicted molar refractivity (Wildman–Crippen MR) is 71.8 cm³/mol. The maximum absolute atomic E-state index is 10.2. The molecule has 1 aliphatic heterocycles. The maximum Gasteiger partial charge on any atom is 0.165 e. The van der Waals surface area contributed by atoms with Gasteiger partial charge in [0.05, 0.1) is 0 Å². The van der Waals surface area contributed by atoms with Gasteiger partial charge in [-0.15, -0.1) is 0 Å². The third kappa shape index (κ3) is 2.10. The van der Waals surface area contributed by atoms with Gasteiger partial charge in [-0.05, 0) is 26.0 Å². The van der Waals surface area contributed by atoms with Gasteiger partial charge in [-0.1, -0.05) is 6.07 Å². The molecule has 4 heteroatoms. The van der Waals surface area contributed by atoms with E-state index in [4.69, 9.17) is 9.47 Å². The zero-order valence-electron chi connectivity index (χ0n) is 10.9. The monoisotopic (exact) mass is 257 g/mol. The van der Waals surface area contributed by atoms with Gasteiger partial charge in [0.25, 0.3) is 0 Å². The normalized spacial score (nSPS) is 13.4. The molecule has 0 bridgehead atoms. The Morgan fingerprint density at radius 3 is 2.37 bits per heavy atom. The molecule has 0 radical (unpaired) electrons. The minimum Gasteiger partial charge on any atom is -0.507 e. The van der Waals surface area contributed by atoms with Crippen LogP contribution in [0.1, 0.15) is 11.4 Å². The number of pyridine rings is 1. The molecule has 0 fully saturated rings. The van der Waals surface area contributed by atoms with Crippen LogP contribution in [0.25, 0.3) is 11.1 Å². The number of hydrogen-bond acceptors (Lipinski definition) is 4. The number of hydrogen-bond donors (Lipinski definition) is 1. The zero-order valence-corrected chi connectivity index (χ0v) is 10.9. The van der Waals surface area contributed by atoms with Crippen molar-refractivity contribution in [1.29, 1.82) is 0 Å². The van der Waals surface area contributed by atoms with Crippen LogP contribution in [0.5, 0.6) is 17.2 Å². The first-order valence-electron chi connectivity index (χ1n) is 6.22. The summed E-state index contributed by atoms with van der Waals surface area (Å²) >= 11 is 0. The van der Waals surface area contributed by atoms with Crippen LogP contribution in [0.15, 0.2) is 24.3 Å². The summed E-state index contributed by atoms with van der Waals surface area (Å²) in [5.41, 5.74) is 3.46. The number of phenols is 1. The molecule has 0 atom stereocenters. The van der Waals surface area contributed by atoms with Crippen molar-refractivity contribution in [3.05, 3.63) is 35.7 Å². The van der Waals surface area contributed by atoms with E-state index < -0.39 is 0 Å². The zero-order chi connectivity index (χ0) is 13.4. The van der Waals surface area contributed by atoms with E-state index in [0.717, 1.165) is 17.0 Å². The van der Waals surface area contributed by atoms with Gasteiger partial charge in [0.2, 0.25) is 0 Å². The molecule has 0 spiro atoms. The van der Waals surface area contributed by atoms with Gasteiger partial charge >= 0.3 is 0 Å². The van der Waals surface area contributed by atoms with Gasteiger partial charge in [0, 0.05) is 28.6 Å². The first-order chi connectivity index (χ1) is 9.15. The van der Waals surface area contributed by atoms with Gasteiger partial charge in [0.15, 0.2) is 11.5 Å². The molecule has 2 aromatic rings. The van der Waals surface area contributed by atoms with E-state index in [2.05, 4.69) is 4.98 Å². The summed E-state index contributed by atoms with van der Waals surface area (Å²) in [7, 11) is 0. The Balaban J connectivity index is 2.14. The van der Waals surface area contributed by atoms with E-state index in [1.54, 1.807) is 6.07 Å². The van der Waals surface area contributed by atoms with Crippen molar-refractivity contribution >= 4 is 0 Å². The Kier molecular flexibility index (Phi) is 2.78. The minimum atomic E-state index is 0.179. The predicted octanol–water partition coefficient (Wildman–Crippen LogP) is 2.84. The average Bonchev–Trinajstić information content (AvgIpc) is 2.38. The highest BCUT2D eigenvalue weighted by Crippen LogP contribution is 2.41. The molecular formula is C15H15NO3. The van der Waals surface area contributed by atoms with Crippen LogP contribution in [-0.4, -0.2) is 23.3 Å². The Morgan fingerprint density at radius 2 is 1.68 bits per heavy atom. The Morgan fingerprint density at radius 1 is 1.00 bits per heavy atom. The van der Waals surface area contributed by atoms with Crippen molar-refractivity contribution in [2.75, 3.05) is 13.2 Å². The van der Waals surface area contributed by atoms with Crippen LogP contribution >= 0.6 is 0 Å². The van der Waals surface area contributed by atoms with E-state index in [0.29, 0.717) is 30.3 Å². The summed E-state index contributed by atoms with van der Waals surface area (Å²) in [5, 5.41) is 10.2. The molecule has 1 N–H and O–H groups in total. The van der Waals surface area contributed by atoms with Crippen LogP contribution in [0, 0.1) is 13.8 Å². The molecule has 0 saturated carbocycles. The summed E-state index contributed by atoms with van der Waals surface area (Å²) in [4.78, 5) is 4.42. The third-order valence-corrected chi connectivity index (χ3v) is 3.18. The number of aromatic hydroxyl groups is 1. The number of aromatic nitrogens is 1. The molecule has 1 aromatic carbocycles. The molecule has 3 rings (SSSR count). The van der Waals surface area contributed by atoms with Crippen LogP contribution < -0.4 is 9.47 Å². The number of fused-ring (bicyclic) bond motifs is 1. The average molecular weight is 257 g/mol. The second kappa shape index (κ2) is 4.46. The summed E-state index contributed by atoms with van der Waals surface area (Å²) in [6.07, 6.45) is 0. The number of benzene rings is 1. The lowest BCUT2D eigenvalue weighted by Gasteiger charge is -2.20. The summed E-state index contributed by atoms with van der Waals surface area (Å²) in [6, 6.07) is 7.30. The lowest BCUT2D eigenvalue weighted by Crippen LogP contribution is -2.15. The maximum atomic E-state index is 10.2. The molecule has 1 aliphatic rings. The lowest BCUT2D eigenvalue weighted by atomic mass is 10.0. The van der Waals surface area contributed by atoms with E-state index in [1.165, 1.54) is 0 Å². The number of aryl methyl sites for hydroxylation is 2. The molecule has 0 unspecified atom stereocenters. The highest BCUT2D eigenvalue weighted by molar-refractivity contribution is 5.75. The van der Waals surface area contributed by atoms with Crippen LogP contribution in [0.2, 0.25) is 0 Å². The van der Waals surface area contributed by atoms with Gasteiger partial charge in [-0.25, -0.2) is 0 Å². The first-order valence-corrected chi connectivity index (χ1v) is 6.22.